The number of imidazole rings is 1. The lowest BCUT2D eigenvalue weighted by Crippen LogP contribution is -2.24. The summed E-state index contributed by atoms with van der Waals surface area (Å²) in [4.78, 5) is 22.0. The minimum Gasteiger partial charge on any atom is -0.352 e. The number of carbonyl (C=O) groups is 1. The number of amides is 1. The predicted octanol–water partition coefficient (Wildman–Crippen LogP) is 6.70. The van der Waals surface area contributed by atoms with E-state index in [0.717, 1.165) is 40.6 Å². The fourth-order valence-electron chi connectivity index (χ4n) is 4.65. The lowest BCUT2D eigenvalue weighted by atomic mass is 9.97. The van der Waals surface area contributed by atoms with Gasteiger partial charge in [0.15, 0.2) is 10.8 Å². The molecular weight excluding hydrogens is 464 g/mol. The van der Waals surface area contributed by atoms with E-state index in [0.29, 0.717) is 12.1 Å². The molecule has 0 bridgehead atoms. The molecule has 1 N–H and O–H groups in total. The Bertz CT molecular complexity index is 1370. The number of allylic oxidation sites excluding steroid dienone is 1. The van der Waals surface area contributed by atoms with Crippen LogP contribution in [-0.4, -0.2) is 27.0 Å². The average Bonchev–Trinajstić information content (AvgIpc) is 3.25. The zero-order chi connectivity index (χ0) is 24.7. The number of hydrogen-bond acceptors (Lipinski definition) is 4. The van der Waals surface area contributed by atoms with Crippen LogP contribution in [0, 0.1) is 6.92 Å². The molecule has 2 aromatic heterocycles. The summed E-state index contributed by atoms with van der Waals surface area (Å²) >= 11 is 1.70. The maximum atomic E-state index is 12.6. The molecule has 5 nitrogen and oxygen atoms in total. The molecule has 36 heavy (non-hydrogen) atoms. The molecule has 184 valence electrons. The Hall–Kier alpha value is -3.38. The predicted molar refractivity (Wildman–Crippen MR) is 147 cm³/mol. The number of benzene rings is 2. The monoisotopic (exact) mass is 496 g/mol. The Balaban J connectivity index is 1.22. The first-order valence-corrected chi connectivity index (χ1v) is 13.7. The molecule has 0 saturated heterocycles. The van der Waals surface area contributed by atoms with Crippen molar-refractivity contribution in [1.29, 1.82) is 0 Å². The molecule has 1 aliphatic carbocycles. The SMILES string of the molecule is Cc1cccc(Cn2c(SCc3ccc(C(=O)NCCC4=CCCCC4)cc3)nc3cccnc32)c1. The van der Waals surface area contributed by atoms with Crippen molar-refractivity contribution in [1.82, 2.24) is 19.9 Å². The normalized spacial score (nSPS) is 13.5. The standard InChI is InChI=1S/C30H32N4OS/c1-22-7-5-10-25(19-22)20-34-28-27(11-6-17-31-28)33-30(34)36-21-24-12-14-26(15-13-24)29(35)32-18-16-23-8-3-2-4-9-23/h5-8,10-15,17,19H,2-4,9,16,18,20-21H2,1H3,(H,32,35). The van der Waals surface area contributed by atoms with Gasteiger partial charge in [-0.05, 0) is 74.4 Å². The number of nitrogens with one attached hydrogen (secondary N) is 1. The van der Waals surface area contributed by atoms with E-state index >= 15 is 0 Å². The number of thioether (sulfide) groups is 1. The molecule has 6 heteroatoms. The molecule has 2 heterocycles. The van der Waals surface area contributed by atoms with Gasteiger partial charge in [0.2, 0.25) is 0 Å². The van der Waals surface area contributed by atoms with Gasteiger partial charge in [0.1, 0.15) is 5.52 Å². The molecule has 4 aromatic rings. The number of fused-ring (bicyclic) bond motifs is 1. The van der Waals surface area contributed by atoms with Crippen LogP contribution in [0.25, 0.3) is 11.2 Å². The molecular formula is C30H32N4OS. The first-order chi connectivity index (χ1) is 17.7. The zero-order valence-electron chi connectivity index (χ0n) is 20.7. The van der Waals surface area contributed by atoms with Crippen molar-refractivity contribution in [3.63, 3.8) is 0 Å². The first kappa shape index (κ1) is 24.3. The largest absolute Gasteiger partial charge is 0.352 e. The third-order valence-corrected chi connectivity index (χ3v) is 7.64. The van der Waals surface area contributed by atoms with E-state index < -0.39 is 0 Å². The van der Waals surface area contributed by atoms with E-state index in [1.165, 1.54) is 42.4 Å². The van der Waals surface area contributed by atoms with E-state index in [4.69, 9.17) is 4.98 Å². The van der Waals surface area contributed by atoms with Gasteiger partial charge in [-0.15, -0.1) is 0 Å². The number of nitrogens with zero attached hydrogens (tertiary/aromatic N) is 3. The van der Waals surface area contributed by atoms with Gasteiger partial charge < -0.3 is 5.32 Å². The van der Waals surface area contributed by atoms with Gasteiger partial charge in [-0.25, -0.2) is 9.97 Å². The van der Waals surface area contributed by atoms with Crippen molar-refractivity contribution in [2.24, 2.45) is 0 Å². The van der Waals surface area contributed by atoms with Gasteiger partial charge >= 0.3 is 0 Å². The van der Waals surface area contributed by atoms with Crippen molar-refractivity contribution >= 4 is 28.8 Å². The van der Waals surface area contributed by atoms with Gasteiger partial charge in [0.05, 0.1) is 6.54 Å². The van der Waals surface area contributed by atoms with Crippen LogP contribution in [-0.2, 0) is 12.3 Å². The van der Waals surface area contributed by atoms with Crippen LogP contribution in [0.15, 0.2) is 83.7 Å². The Morgan fingerprint density at radius 2 is 1.94 bits per heavy atom. The van der Waals surface area contributed by atoms with E-state index in [2.05, 4.69) is 52.1 Å². The van der Waals surface area contributed by atoms with Crippen LogP contribution in [0.2, 0.25) is 0 Å². The van der Waals surface area contributed by atoms with Crippen molar-refractivity contribution in [3.05, 3.63) is 101 Å². The summed E-state index contributed by atoms with van der Waals surface area (Å²) in [5.41, 5.74) is 7.63. The molecule has 1 amide bonds. The van der Waals surface area contributed by atoms with Crippen LogP contribution >= 0.6 is 11.8 Å². The second kappa shape index (κ2) is 11.6. The Morgan fingerprint density at radius 1 is 1.06 bits per heavy atom. The first-order valence-electron chi connectivity index (χ1n) is 12.7. The number of carbonyl (C=O) groups excluding carboxylic acids is 1. The molecule has 0 fully saturated rings. The van der Waals surface area contributed by atoms with Crippen molar-refractivity contribution in [2.45, 2.75) is 56.5 Å². The van der Waals surface area contributed by atoms with E-state index in [1.54, 1.807) is 11.8 Å². The van der Waals surface area contributed by atoms with Crippen molar-refractivity contribution in [2.75, 3.05) is 6.54 Å². The minimum atomic E-state index is -0.00312. The van der Waals surface area contributed by atoms with Crippen LogP contribution in [0.5, 0.6) is 0 Å². The minimum absolute atomic E-state index is 0.00312. The molecule has 0 spiro atoms. The number of hydrogen-bond donors (Lipinski definition) is 1. The number of rotatable bonds is 9. The molecule has 1 aliphatic rings. The Morgan fingerprint density at radius 3 is 2.75 bits per heavy atom. The highest BCUT2D eigenvalue weighted by Crippen LogP contribution is 2.27. The van der Waals surface area contributed by atoms with Gasteiger partial charge in [0, 0.05) is 24.1 Å². The highest BCUT2D eigenvalue weighted by Gasteiger charge is 2.14. The molecule has 0 unspecified atom stereocenters. The molecule has 2 aromatic carbocycles. The highest BCUT2D eigenvalue weighted by molar-refractivity contribution is 7.98. The van der Waals surface area contributed by atoms with Gasteiger partial charge in [0.25, 0.3) is 5.91 Å². The number of pyridine rings is 1. The maximum absolute atomic E-state index is 12.6. The lowest BCUT2D eigenvalue weighted by Gasteiger charge is -2.13. The summed E-state index contributed by atoms with van der Waals surface area (Å²) < 4.78 is 2.19. The van der Waals surface area contributed by atoms with Crippen LogP contribution in [0.1, 0.15) is 59.2 Å². The van der Waals surface area contributed by atoms with Gasteiger partial charge in [-0.1, -0.05) is 65.4 Å². The zero-order valence-corrected chi connectivity index (χ0v) is 21.6. The van der Waals surface area contributed by atoms with E-state index in [-0.39, 0.29) is 5.91 Å². The lowest BCUT2D eigenvalue weighted by molar-refractivity contribution is 0.0954. The van der Waals surface area contributed by atoms with Crippen molar-refractivity contribution in [3.8, 4) is 0 Å². The third kappa shape index (κ3) is 6.05. The third-order valence-electron chi connectivity index (χ3n) is 6.59. The van der Waals surface area contributed by atoms with E-state index in [1.807, 2.05) is 42.6 Å². The fourth-order valence-corrected chi connectivity index (χ4v) is 5.61. The fraction of sp³-hybridized carbons (Fsp3) is 0.300. The maximum Gasteiger partial charge on any atom is 0.251 e. The molecule has 0 atom stereocenters. The van der Waals surface area contributed by atoms with Crippen LogP contribution in [0.4, 0.5) is 0 Å². The second-order valence-electron chi connectivity index (χ2n) is 9.42. The van der Waals surface area contributed by atoms with Gasteiger partial charge in [-0.2, -0.15) is 0 Å². The molecule has 5 rings (SSSR count). The summed E-state index contributed by atoms with van der Waals surface area (Å²) in [5.74, 6) is 0.768. The molecule has 0 saturated carbocycles. The second-order valence-corrected chi connectivity index (χ2v) is 10.4. The Kier molecular flexibility index (Phi) is 7.82. The van der Waals surface area contributed by atoms with Crippen molar-refractivity contribution < 1.29 is 4.79 Å². The smallest absolute Gasteiger partial charge is 0.251 e. The highest BCUT2D eigenvalue weighted by atomic mass is 32.2. The quantitative estimate of drug-likeness (QED) is 0.207. The summed E-state index contributed by atoms with van der Waals surface area (Å²) in [7, 11) is 0. The number of aryl methyl sites for hydroxylation is 1. The van der Waals surface area contributed by atoms with Crippen LogP contribution in [0.3, 0.4) is 0 Å². The summed E-state index contributed by atoms with van der Waals surface area (Å²) in [6, 6.07) is 20.4. The molecule has 0 aliphatic heterocycles. The Labute approximate surface area is 217 Å². The number of aromatic nitrogens is 3. The topological polar surface area (TPSA) is 59.8 Å². The summed E-state index contributed by atoms with van der Waals surface area (Å²) in [5, 5.41) is 4.02. The summed E-state index contributed by atoms with van der Waals surface area (Å²) in [6.45, 7) is 3.54. The van der Waals surface area contributed by atoms with Gasteiger partial charge in [-0.3, -0.25) is 9.36 Å². The van der Waals surface area contributed by atoms with E-state index in [9.17, 15) is 4.79 Å². The van der Waals surface area contributed by atoms with Crippen LogP contribution < -0.4 is 5.32 Å². The average molecular weight is 497 g/mol. The summed E-state index contributed by atoms with van der Waals surface area (Å²) in [6.07, 6.45) is 10.0. The molecule has 0 radical (unpaired) electrons.